The first kappa shape index (κ1) is 15.2. The lowest BCUT2D eigenvalue weighted by molar-refractivity contribution is -0.384. The molecule has 0 bridgehead atoms. The summed E-state index contributed by atoms with van der Waals surface area (Å²) in [4.78, 5) is 22.2. The van der Waals surface area contributed by atoms with Crippen LogP contribution in [0.25, 0.3) is 0 Å². The number of carbonyl (C=O) groups is 1. The van der Waals surface area contributed by atoms with Crippen molar-refractivity contribution in [2.45, 2.75) is 6.61 Å². The van der Waals surface area contributed by atoms with Gasteiger partial charge in [-0.05, 0) is 17.7 Å². The summed E-state index contributed by atoms with van der Waals surface area (Å²) in [7, 11) is 1.53. The zero-order chi connectivity index (χ0) is 16.6. The molecule has 3 rings (SSSR count). The van der Waals surface area contributed by atoms with Gasteiger partial charge in [0.05, 0.1) is 16.1 Å². The summed E-state index contributed by atoms with van der Waals surface area (Å²) in [5, 5.41) is 11.1. The Morgan fingerprint density at radius 1 is 1.43 bits per heavy atom. The molecule has 0 saturated carbocycles. The molecule has 1 aromatic heterocycles. The molecular weight excluding hydrogens is 328 g/mol. The first-order valence-electron chi connectivity index (χ1n) is 6.51. The number of esters is 1. The van der Waals surface area contributed by atoms with Gasteiger partial charge in [0.2, 0.25) is 6.79 Å². The van der Waals surface area contributed by atoms with Crippen molar-refractivity contribution in [1.82, 2.24) is 4.57 Å². The number of carbonyl (C=O) groups excluding carboxylic acids is 1. The number of nitro groups is 1. The normalized spacial score (nSPS) is 12.3. The summed E-state index contributed by atoms with van der Waals surface area (Å²) in [6, 6.07) is 4.43. The first-order valence-corrected chi connectivity index (χ1v) is 6.89. The van der Waals surface area contributed by atoms with E-state index in [0.29, 0.717) is 22.1 Å². The zero-order valence-corrected chi connectivity index (χ0v) is 12.7. The third kappa shape index (κ3) is 2.93. The molecule has 0 saturated heterocycles. The van der Waals surface area contributed by atoms with Crippen LogP contribution in [0.5, 0.6) is 11.5 Å². The second-order valence-electron chi connectivity index (χ2n) is 4.84. The average Bonchev–Trinajstić information content (AvgIpc) is 3.11. The largest absolute Gasteiger partial charge is 0.456 e. The molecule has 1 aliphatic heterocycles. The molecule has 0 unspecified atom stereocenters. The van der Waals surface area contributed by atoms with Crippen LogP contribution in [0, 0.1) is 10.1 Å². The number of aryl methyl sites for hydroxylation is 1. The van der Waals surface area contributed by atoms with Crippen molar-refractivity contribution in [1.29, 1.82) is 0 Å². The highest BCUT2D eigenvalue weighted by Crippen LogP contribution is 2.39. The molecule has 0 fully saturated rings. The number of hydrogen-bond acceptors (Lipinski definition) is 6. The molecule has 0 amide bonds. The van der Waals surface area contributed by atoms with Crippen LogP contribution in [0.1, 0.15) is 16.1 Å². The molecule has 9 heteroatoms. The Morgan fingerprint density at radius 3 is 2.91 bits per heavy atom. The van der Waals surface area contributed by atoms with Crippen molar-refractivity contribution in [3.8, 4) is 11.5 Å². The van der Waals surface area contributed by atoms with Crippen molar-refractivity contribution in [3.05, 3.63) is 50.8 Å². The number of halogens is 1. The van der Waals surface area contributed by atoms with E-state index in [1.807, 2.05) is 0 Å². The Kier molecular flexibility index (Phi) is 3.83. The lowest BCUT2D eigenvalue weighted by Gasteiger charge is -2.07. The lowest BCUT2D eigenvalue weighted by atomic mass is 10.2. The molecule has 1 aliphatic rings. The summed E-state index contributed by atoms with van der Waals surface area (Å²) in [6.07, 6.45) is 1.24. The quantitative estimate of drug-likeness (QED) is 0.483. The molecule has 2 heterocycles. The third-order valence-corrected chi connectivity index (χ3v) is 3.55. The molecule has 8 nitrogen and oxygen atoms in total. The molecule has 0 atom stereocenters. The Bertz CT molecular complexity index is 801. The van der Waals surface area contributed by atoms with E-state index in [1.165, 1.54) is 17.8 Å². The summed E-state index contributed by atoms with van der Waals surface area (Å²) in [5.41, 5.74) is 0.533. The summed E-state index contributed by atoms with van der Waals surface area (Å²) >= 11 is 6.05. The van der Waals surface area contributed by atoms with Crippen LogP contribution in [0.15, 0.2) is 24.4 Å². The van der Waals surface area contributed by atoms with Gasteiger partial charge in [-0.1, -0.05) is 11.6 Å². The van der Waals surface area contributed by atoms with Crippen LogP contribution >= 0.6 is 11.6 Å². The maximum atomic E-state index is 12.0. The Labute approximate surface area is 135 Å². The third-order valence-electron chi connectivity index (χ3n) is 3.27. The topological polar surface area (TPSA) is 92.8 Å². The number of fused-ring (bicyclic) bond motifs is 1. The van der Waals surface area contributed by atoms with E-state index in [2.05, 4.69) is 0 Å². The standard InChI is InChI=1S/C14H11ClN2O6/c1-16-5-9(17(19)20)4-11(16)14(18)21-6-8-2-10(15)13-12(3-8)22-7-23-13/h2-5H,6-7H2,1H3. The highest BCUT2D eigenvalue weighted by molar-refractivity contribution is 6.32. The van der Waals surface area contributed by atoms with E-state index in [9.17, 15) is 14.9 Å². The van der Waals surface area contributed by atoms with Crippen molar-refractivity contribution in [3.63, 3.8) is 0 Å². The predicted octanol–water partition coefficient (Wildman–Crippen LogP) is 2.67. The van der Waals surface area contributed by atoms with E-state index < -0.39 is 10.9 Å². The number of nitrogens with zero attached hydrogens (tertiary/aromatic N) is 2. The molecule has 23 heavy (non-hydrogen) atoms. The van der Waals surface area contributed by atoms with Gasteiger partial charge in [-0.15, -0.1) is 0 Å². The minimum absolute atomic E-state index is 0.0474. The molecule has 120 valence electrons. The van der Waals surface area contributed by atoms with Gasteiger partial charge in [0.1, 0.15) is 12.3 Å². The number of benzene rings is 1. The van der Waals surface area contributed by atoms with Gasteiger partial charge in [-0.3, -0.25) is 10.1 Å². The second kappa shape index (κ2) is 5.81. The highest BCUT2D eigenvalue weighted by atomic mass is 35.5. The maximum absolute atomic E-state index is 12.0. The average molecular weight is 339 g/mol. The fraction of sp³-hybridized carbons (Fsp3) is 0.214. The van der Waals surface area contributed by atoms with E-state index in [4.69, 9.17) is 25.8 Å². The molecule has 0 aliphatic carbocycles. The number of hydrogen-bond donors (Lipinski definition) is 0. The van der Waals surface area contributed by atoms with Crippen LogP contribution in [0.3, 0.4) is 0 Å². The molecular formula is C14H11ClN2O6. The second-order valence-corrected chi connectivity index (χ2v) is 5.25. The van der Waals surface area contributed by atoms with Gasteiger partial charge in [-0.25, -0.2) is 4.79 Å². The van der Waals surface area contributed by atoms with Crippen molar-refractivity contribution in [2.75, 3.05) is 6.79 Å². The van der Waals surface area contributed by atoms with Gasteiger partial charge >= 0.3 is 5.97 Å². The van der Waals surface area contributed by atoms with Gasteiger partial charge in [0, 0.05) is 13.1 Å². The lowest BCUT2D eigenvalue weighted by Crippen LogP contribution is -2.09. The monoisotopic (exact) mass is 338 g/mol. The van der Waals surface area contributed by atoms with E-state index in [-0.39, 0.29) is 24.8 Å². The number of aromatic nitrogens is 1. The van der Waals surface area contributed by atoms with Crippen LogP contribution in [0.4, 0.5) is 5.69 Å². The maximum Gasteiger partial charge on any atom is 0.355 e. The van der Waals surface area contributed by atoms with E-state index in [0.717, 1.165) is 6.07 Å². The minimum Gasteiger partial charge on any atom is -0.456 e. The van der Waals surface area contributed by atoms with Crippen molar-refractivity contribution >= 4 is 23.3 Å². The van der Waals surface area contributed by atoms with Crippen LogP contribution in [0.2, 0.25) is 5.02 Å². The summed E-state index contributed by atoms with van der Waals surface area (Å²) < 4.78 is 16.9. The van der Waals surface area contributed by atoms with E-state index >= 15 is 0 Å². The van der Waals surface area contributed by atoms with Crippen LogP contribution in [-0.2, 0) is 18.4 Å². The fourth-order valence-electron chi connectivity index (χ4n) is 2.18. The summed E-state index contributed by atoms with van der Waals surface area (Å²) in [6.45, 7) is 0.0412. The molecule has 0 spiro atoms. The number of rotatable bonds is 4. The Balaban J connectivity index is 1.72. The van der Waals surface area contributed by atoms with Crippen molar-refractivity contribution < 1.29 is 23.9 Å². The smallest absolute Gasteiger partial charge is 0.355 e. The highest BCUT2D eigenvalue weighted by Gasteiger charge is 2.21. The van der Waals surface area contributed by atoms with Crippen molar-refractivity contribution in [2.24, 2.45) is 7.05 Å². The molecule has 2 aromatic rings. The predicted molar refractivity (Wildman–Crippen MR) is 78.8 cm³/mol. The van der Waals surface area contributed by atoms with E-state index in [1.54, 1.807) is 12.1 Å². The molecule has 0 radical (unpaired) electrons. The zero-order valence-electron chi connectivity index (χ0n) is 11.9. The minimum atomic E-state index is -0.672. The SMILES string of the molecule is Cn1cc([N+](=O)[O-])cc1C(=O)OCc1cc(Cl)c2c(c1)OCO2. The Morgan fingerprint density at radius 2 is 2.22 bits per heavy atom. The fourth-order valence-corrected chi connectivity index (χ4v) is 2.46. The van der Waals surface area contributed by atoms with Crippen LogP contribution < -0.4 is 9.47 Å². The summed E-state index contributed by atoms with van der Waals surface area (Å²) in [5.74, 6) is 0.271. The van der Waals surface area contributed by atoms with Gasteiger partial charge < -0.3 is 18.8 Å². The molecule has 1 aromatic carbocycles. The first-order chi connectivity index (χ1) is 11.0. The Hall–Kier alpha value is -2.74. The van der Waals surface area contributed by atoms with Crippen LogP contribution in [-0.4, -0.2) is 22.3 Å². The molecule has 0 N–H and O–H groups in total. The van der Waals surface area contributed by atoms with Gasteiger partial charge in [0.25, 0.3) is 5.69 Å². The van der Waals surface area contributed by atoms with Gasteiger partial charge in [-0.2, -0.15) is 0 Å². The van der Waals surface area contributed by atoms with Gasteiger partial charge in [0.15, 0.2) is 11.5 Å². The number of ether oxygens (including phenoxy) is 3.